The molecule has 0 N–H and O–H groups in total. The molecule has 2 atom stereocenters. The molecule has 0 saturated heterocycles. The molecule has 356 valence electrons. The van der Waals surface area contributed by atoms with Crippen molar-refractivity contribution in [3.05, 3.63) is 0 Å². The van der Waals surface area contributed by atoms with Crippen LogP contribution in [-0.4, -0.2) is 119 Å². The first-order valence-corrected chi connectivity index (χ1v) is 62.5. The molecule has 0 aliphatic heterocycles. The van der Waals surface area contributed by atoms with Gasteiger partial charge in [0.05, 0.1) is 0 Å². The molecular weight excluding hydrogens is 982 g/mol. The summed E-state index contributed by atoms with van der Waals surface area (Å²) in [7, 11) is -38.5. The van der Waals surface area contributed by atoms with E-state index in [-0.39, 0.29) is 5.16 Å². The standard InChI is InChI=1S/C33H96O12Si14/c1-32-33(54(26,27)42-56(30,34-46(2,3)4)44-58(36-48(8,9)10,37-49(11,12)13)38-50(14,15)16)55(28,29)43-57(31,35-47(5,6)7)45-59(39-51(17,18)19,40-52(20,21)22)41-53(23,24)25/h33H,32H2,1-31H3. The Balaban J connectivity index is 7.79. The Labute approximate surface area is 380 Å². The van der Waals surface area contributed by atoms with Crippen LogP contribution >= 0.6 is 0 Å². The molecule has 0 aliphatic rings. The number of hydrogen-bond donors (Lipinski definition) is 0. The van der Waals surface area contributed by atoms with Gasteiger partial charge in [-0.2, -0.15) is 0 Å². The van der Waals surface area contributed by atoms with Crippen molar-refractivity contribution in [2.45, 2.75) is 215 Å². The fourth-order valence-corrected chi connectivity index (χ4v) is 65.9. The fourth-order valence-electron chi connectivity index (χ4n) is 7.11. The van der Waals surface area contributed by atoms with Gasteiger partial charge in [-0.15, -0.1) is 0 Å². The van der Waals surface area contributed by atoms with Crippen LogP contribution in [0.1, 0.15) is 13.3 Å². The zero-order valence-electron chi connectivity index (χ0n) is 44.2. The highest BCUT2D eigenvalue weighted by Crippen LogP contribution is 2.43. The second kappa shape index (κ2) is 20.4. The van der Waals surface area contributed by atoms with Crippen LogP contribution in [0.15, 0.2) is 0 Å². The quantitative estimate of drug-likeness (QED) is 0.0730. The summed E-state index contributed by atoms with van der Waals surface area (Å²) >= 11 is 0. The maximum absolute atomic E-state index is 7.61. The van der Waals surface area contributed by atoms with Crippen LogP contribution in [0.3, 0.4) is 0 Å². The minimum Gasteiger partial charge on any atom is -0.417 e. The third-order valence-electron chi connectivity index (χ3n) is 7.17. The van der Waals surface area contributed by atoms with E-state index in [4.69, 9.17) is 49.4 Å². The Kier molecular flexibility index (Phi) is 21.3. The van der Waals surface area contributed by atoms with Gasteiger partial charge < -0.3 is 49.4 Å². The van der Waals surface area contributed by atoms with Gasteiger partial charge in [-0.1, -0.05) is 13.3 Å². The Morgan fingerprint density at radius 3 is 0.542 bits per heavy atom. The smallest absolute Gasteiger partial charge is 0.417 e. The molecular formula is C33H96O12Si14. The minimum absolute atomic E-state index is 0.0749. The Bertz CT molecular complexity index is 1150. The monoisotopic (exact) mass is 1080 g/mol. The van der Waals surface area contributed by atoms with E-state index in [1.54, 1.807) is 0 Å². The first kappa shape index (κ1) is 61.6. The van der Waals surface area contributed by atoms with Crippen molar-refractivity contribution in [1.82, 2.24) is 0 Å². The zero-order chi connectivity index (χ0) is 47.8. The van der Waals surface area contributed by atoms with E-state index in [1.165, 1.54) is 0 Å². The van der Waals surface area contributed by atoms with Crippen molar-refractivity contribution in [3.8, 4) is 0 Å². The SMILES string of the molecule is CCC([Si](C)(C)O[Si](C)(O[Si](C)(C)C)O[Si](O[Si](C)(C)C)(O[Si](C)(C)C)O[Si](C)(C)C)[Si](C)(C)O[Si](C)(O[Si](C)(C)C)O[Si](O[Si](C)(C)C)(O[Si](C)(C)C)O[Si](C)(C)C. The van der Waals surface area contributed by atoms with Crippen molar-refractivity contribution in [1.29, 1.82) is 0 Å². The highest BCUT2D eigenvalue weighted by molar-refractivity contribution is 7.00. The Hall–Kier alpha value is 2.56. The van der Waals surface area contributed by atoms with E-state index in [2.05, 4.69) is 190 Å². The summed E-state index contributed by atoms with van der Waals surface area (Å²) in [6.07, 6.45) is 0.836. The lowest BCUT2D eigenvalue weighted by molar-refractivity contribution is 0.108. The molecule has 0 aromatic carbocycles. The molecule has 0 aliphatic carbocycles. The Morgan fingerprint density at radius 1 is 0.237 bits per heavy atom. The van der Waals surface area contributed by atoms with Crippen molar-refractivity contribution in [3.63, 3.8) is 0 Å². The van der Waals surface area contributed by atoms with Crippen LogP contribution in [0.25, 0.3) is 0 Å². The van der Waals surface area contributed by atoms with Crippen LogP contribution in [0, 0.1) is 0 Å². The van der Waals surface area contributed by atoms with Crippen LogP contribution in [0.2, 0.25) is 202 Å². The van der Waals surface area contributed by atoms with Gasteiger partial charge >= 0.3 is 35.7 Å². The molecule has 0 rings (SSSR count). The second-order valence-corrected chi connectivity index (χ2v) is 82.4. The predicted molar refractivity (Wildman–Crippen MR) is 284 cm³/mol. The average Bonchev–Trinajstić information content (AvgIpc) is 2.71. The molecule has 12 nitrogen and oxygen atoms in total. The van der Waals surface area contributed by atoms with Gasteiger partial charge in [0.1, 0.15) is 0 Å². The van der Waals surface area contributed by atoms with Gasteiger partial charge in [0.25, 0.3) is 0 Å². The summed E-state index contributed by atoms with van der Waals surface area (Å²) in [4.78, 5) is 0. The largest absolute Gasteiger partial charge is 0.640 e. The highest BCUT2D eigenvalue weighted by atomic mass is 28.6. The average molecular weight is 1080 g/mol. The first-order chi connectivity index (χ1) is 25.2. The van der Waals surface area contributed by atoms with Crippen LogP contribution in [-0.2, 0) is 49.4 Å². The molecule has 0 saturated carbocycles. The third-order valence-corrected chi connectivity index (χ3v) is 56.2. The van der Waals surface area contributed by atoms with Gasteiger partial charge in [-0.25, -0.2) is 0 Å². The van der Waals surface area contributed by atoms with Crippen molar-refractivity contribution in [2.24, 2.45) is 0 Å². The Morgan fingerprint density at radius 2 is 0.407 bits per heavy atom. The summed E-state index contributed by atoms with van der Waals surface area (Å²) in [6, 6.07) is 0. The minimum atomic E-state index is -3.81. The van der Waals surface area contributed by atoms with Crippen molar-refractivity contribution >= 4 is 119 Å². The van der Waals surface area contributed by atoms with Crippen molar-refractivity contribution in [2.75, 3.05) is 0 Å². The maximum Gasteiger partial charge on any atom is 0.640 e. The molecule has 0 aromatic heterocycles. The molecule has 0 radical (unpaired) electrons. The topological polar surface area (TPSA) is 111 Å². The summed E-state index contributed by atoms with van der Waals surface area (Å²) < 4.78 is 86.6. The molecule has 59 heavy (non-hydrogen) atoms. The summed E-state index contributed by atoms with van der Waals surface area (Å²) in [5.74, 6) is 0. The number of hydrogen-bond acceptors (Lipinski definition) is 12. The lowest BCUT2D eigenvalue weighted by Gasteiger charge is -2.50. The van der Waals surface area contributed by atoms with E-state index in [0.717, 1.165) is 6.42 Å². The highest BCUT2D eigenvalue weighted by Gasteiger charge is 2.65. The fraction of sp³-hybridized carbons (Fsp3) is 1.00. The molecule has 0 aromatic rings. The molecule has 0 amide bonds. The second-order valence-electron chi connectivity index (χ2n) is 25.0. The van der Waals surface area contributed by atoms with E-state index >= 15 is 0 Å². The van der Waals surface area contributed by atoms with Crippen LogP contribution in [0.4, 0.5) is 0 Å². The predicted octanol–water partition coefficient (Wildman–Crippen LogP) is 12.6. The normalized spacial score (nSPS) is 18.2. The van der Waals surface area contributed by atoms with E-state index in [9.17, 15) is 0 Å². The van der Waals surface area contributed by atoms with Gasteiger partial charge in [0.15, 0.2) is 83.2 Å². The molecule has 2 unspecified atom stereocenters. The molecule has 0 spiro atoms. The van der Waals surface area contributed by atoms with Crippen molar-refractivity contribution < 1.29 is 49.4 Å². The van der Waals surface area contributed by atoms with E-state index in [0.29, 0.717) is 0 Å². The lowest BCUT2D eigenvalue weighted by atomic mass is 10.6. The molecule has 0 heterocycles. The van der Waals surface area contributed by atoms with Gasteiger partial charge in [0.2, 0.25) is 0 Å². The van der Waals surface area contributed by atoms with E-state index in [1.807, 2.05) is 13.1 Å². The molecule has 26 heteroatoms. The summed E-state index contributed by atoms with van der Waals surface area (Å²) in [6.45, 7) is 67.6. The third kappa shape index (κ3) is 26.5. The maximum atomic E-state index is 7.61. The van der Waals surface area contributed by atoms with Gasteiger partial charge in [-0.3, -0.25) is 0 Å². The summed E-state index contributed by atoms with van der Waals surface area (Å²) in [5, 5.41) is 0.0749. The number of rotatable bonds is 27. The molecule has 0 fully saturated rings. The van der Waals surface area contributed by atoms with Gasteiger partial charge in [-0.05, 0) is 188 Å². The van der Waals surface area contributed by atoms with Crippen LogP contribution < -0.4 is 0 Å². The lowest BCUT2D eigenvalue weighted by Crippen LogP contribution is -2.71. The summed E-state index contributed by atoms with van der Waals surface area (Å²) in [5.41, 5.74) is 0. The van der Waals surface area contributed by atoms with Crippen LogP contribution in [0.5, 0.6) is 0 Å². The van der Waals surface area contributed by atoms with Gasteiger partial charge in [0, 0.05) is 13.1 Å². The first-order valence-electron chi connectivity index (χ1n) is 21.6. The zero-order valence-corrected chi connectivity index (χ0v) is 58.2. The molecule has 0 bridgehead atoms. The van der Waals surface area contributed by atoms with E-state index < -0.39 is 119 Å².